The number of aromatic nitrogens is 2. The molecule has 6 heteroatoms. The minimum atomic E-state index is 0.150. The van der Waals surface area contributed by atoms with Gasteiger partial charge in [-0.15, -0.1) is 0 Å². The van der Waals surface area contributed by atoms with Gasteiger partial charge in [0.1, 0.15) is 18.7 Å². The van der Waals surface area contributed by atoms with Crippen LogP contribution in [-0.2, 0) is 5.33 Å². The summed E-state index contributed by atoms with van der Waals surface area (Å²) in [7, 11) is 0. The van der Waals surface area contributed by atoms with Gasteiger partial charge in [0.2, 0.25) is 0 Å². The van der Waals surface area contributed by atoms with Crippen LogP contribution in [0.2, 0.25) is 0 Å². The van der Waals surface area contributed by atoms with Gasteiger partial charge in [0.15, 0.2) is 5.82 Å². The fraction of sp³-hybridized carbons (Fsp3) is 0.250. The molecule has 0 amide bonds. The fourth-order valence-corrected chi connectivity index (χ4v) is 2.31. The Morgan fingerprint density at radius 3 is 2.61 bits per heavy atom. The Kier molecular flexibility index (Phi) is 3.81. The zero-order chi connectivity index (χ0) is 13.0. The summed E-state index contributed by atoms with van der Waals surface area (Å²) in [4.78, 5) is 6.15. The lowest BCUT2D eigenvalue weighted by atomic mass is 10.4. The molecular formula is C12H10BrN5. The Labute approximate surface area is 113 Å². The molecule has 0 fully saturated rings. The Hall–Kier alpha value is -2.05. The molecule has 2 heterocycles. The molecule has 0 saturated heterocycles. The first kappa shape index (κ1) is 12.4. The molecule has 0 unspecified atom stereocenters. The third kappa shape index (κ3) is 2.15. The fourth-order valence-electron chi connectivity index (χ4n) is 1.79. The van der Waals surface area contributed by atoms with Crippen molar-refractivity contribution in [3.63, 3.8) is 0 Å². The lowest BCUT2D eigenvalue weighted by molar-refractivity contribution is 0.932. The number of anilines is 1. The first-order valence-electron chi connectivity index (χ1n) is 5.32. The van der Waals surface area contributed by atoms with E-state index in [9.17, 15) is 0 Å². The lowest BCUT2D eigenvalue weighted by Crippen LogP contribution is -2.25. The average molecular weight is 304 g/mol. The predicted molar refractivity (Wildman–Crippen MR) is 71.3 cm³/mol. The molecule has 2 rings (SSSR count). The second-order valence-electron chi connectivity index (χ2n) is 3.62. The highest BCUT2D eigenvalue weighted by molar-refractivity contribution is 9.08. The van der Waals surface area contributed by atoms with Crippen LogP contribution < -0.4 is 4.90 Å². The number of pyridine rings is 1. The van der Waals surface area contributed by atoms with Gasteiger partial charge in [-0.05, 0) is 12.1 Å². The van der Waals surface area contributed by atoms with Crippen LogP contribution in [0.25, 0.3) is 5.65 Å². The minimum Gasteiger partial charge on any atom is -0.328 e. The number of hydrogen-bond acceptors (Lipinski definition) is 4. The van der Waals surface area contributed by atoms with E-state index < -0.39 is 0 Å². The van der Waals surface area contributed by atoms with Gasteiger partial charge in [0.05, 0.1) is 17.8 Å². The van der Waals surface area contributed by atoms with E-state index in [2.05, 4.69) is 33.1 Å². The van der Waals surface area contributed by atoms with Crippen LogP contribution in [0.3, 0.4) is 0 Å². The van der Waals surface area contributed by atoms with Crippen LogP contribution in [-0.4, -0.2) is 22.5 Å². The topological polar surface area (TPSA) is 68.1 Å². The van der Waals surface area contributed by atoms with Gasteiger partial charge in [-0.2, -0.15) is 10.5 Å². The van der Waals surface area contributed by atoms with Gasteiger partial charge >= 0.3 is 0 Å². The Balaban J connectivity index is 2.55. The zero-order valence-corrected chi connectivity index (χ0v) is 11.1. The van der Waals surface area contributed by atoms with Gasteiger partial charge in [0, 0.05) is 11.5 Å². The van der Waals surface area contributed by atoms with Gasteiger partial charge in [0.25, 0.3) is 0 Å². The number of imidazole rings is 1. The van der Waals surface area contributed by atoms with E-state index in [0.717, 1.165) is 11.3 Å². The van der Waals surface area contributed by atoms with Crippen molar-refractivity contribution in [2.24, 2.45) is 0 Å². The number of alkyl halides is 1. The van der Waals surface area contributed by atoms with E-state index in [1.807, 2.05) is 28.8 Å². The molecule has 90 valence electrons. The molecule has 0 aliphatic rings. The number of hydrogen-bond donors (Lipinski definition) is 0. The predicted octanol–water partition coefficient (Wildman–Crippen LogP) is 2.08. The first-order chi connectivity index (χ1) is 8.81. The minimum absolute atomic E-state index is 0.150. The van der Waals surface area contributed by atoms with Crippen molar-refractivity contribution in [1.29, 1.82) is 10.5 Å². The third-order valence-electron chi connectivity index (χ3n) is 2.56. The molecule has 0 aromatic carbocycles. The highest BCUT2D eigenvalue weighted by atomic mass is 79.9. The second kappa shape index (κ2) is 5.52. The Bertz CT molecular complexity index is 618. The van der Waals surface area contributed by atoms with E-state index in [0.29, 0.717) is 11.1 Å². The summed E-state index contributed by atoms with van der Waals surface area (Å²) in [6.07, 6.45) is 1.92. The van der Waals surface area contributed by atoms with Crippen molar-refractivity contribution in [2.75, 3.05) is 18.0 Å². The maximum absolute atomic E-state index is 8.82. The van der Waals surface area contributed by atoms with Crippen molar-refractivity contribution in [3.05, 3.63) is 30.1 Å². The quantitative estimate of drug-likeness (QED) is 0.640. The summed E-state index contributed by atoms with van der Waals surface area (Å²) in [5.74, 6) is 0.682. The smallest absolute Gasteiger partial charge is 0.153 e. The van der Waals surface area contributed by atoms with Crippen LogP contribution in [0.4, 0.5) is 5.82 Å². The number of halogens is 1. The summed E-state index contributed by atoms with van der Waals surface area (Å²) < 4.78 is 1.95. The Morgan fingerprint density at radius 1 is 1.28 bits per heavy atom. The standard InChI is InChI=1S/C12H10BrN5/c13-9-10-12(17(7-4-14)8-5-15)16-11-3-1-2-6-18(10)11/h1-3,6H,7-9H2. The Morgan fingerprint density at radius 2 is 2.00 bits per heavy atom. The molecule has 0 spiro atoms. The van der Waals surface area contributed by atoms with E-state index >= 15 is 0 Å². The van der Waals surface area contributed by atoms with E-state index in [1.165, 1.54) is 0 Å². The van der Waals surface area contributed by atoms with Gasteiger partial charge < -0.3 is 9.30 Å². The number of nitriles is 2. The molecule has 0 aliphatic carbocycles. The molecule has 0 radical (unpaired) electrons. The van der Waals surface area contributed by atoms with Crippen LogP contribution in [0.5, 0.6) is 0 Å². The molecule has 0 atom stereocenters. The molecule has 2 aromatic rings. The van der Waals surface area contributed by atoms with Crippen molar-refractivity contribution < 1.29 is 0 Å². The van der Waals surface area contributed by atoms with Crippen LogP contribution in [0, 0.1) is 22.7 Å². The largest absolute Gasteiger partial charge is 0.328 e. The summed E-state index contributed by atoms with van der Waals surface area (Å²) in [5, 5.41) is 18.2. The monoisotopic (exact) mass is 303 g/mol. The normalized spacial score (nSPS) is 9.94. The summed E-state index contributed by atoms with van der Waals surface area (Å²) >= 11 is 3.43. The summed E-state index contributed by atoms with van der Waals surface area (Å²) in [5.41, 5.74) is 1.75. The zero-order valence-electron chi connectivity index (χ0n) is 9.54. The molecule has 0 bridgehead atoms. The maximum atomic E-state index is 8.82. The van der Waals surface area contributed by atoms with Crippen molar-refractivity contribution in [2.45, 2.75) is 5.33 Å². The van der Waals surface area contributed by atoms with Crippen molar-refractivity contribution in [1.82, 2.24) is 9.38 Å². The number of rotatable bonds is 4. The van der Waals surface area contributed by atoms with Gasteiger partial charge in [-0.25, -0.2) is 4.98 Å². The molecule has 5 nitrogen and oxygen atoms in total. The molecule has 18 heavy (non-hydrogen) atoms. The summed E-state index contributed by atoms with van der Waals surface area (Å²) in [6, 6.07) is 9.84. The lowest BCUT2D eigenvalue weighted by Gasteiger charge is -2.16. The number of fused-ring (bicyclic) bond motifs is 1. The first-order valence-corrected chi connectivity index (χ1v) is 6.44. The van der Waals surface area contributed by atoms with Crippen LogP contribution in [0.1, 0.15) is 5.69 Å². The maximum Gasteiger partial charge on any atom is 0.153 e. The van der Waals surface area contributed by atoms with E-state index in [4.69, 9.17) is 10.5 Å². The molecule has 0 N–H and O–H groups in total. The second-order valence-corrected chi connectivity index (χ2v) is 4.18. The molecule has 0 aliphatic heterocycles. The molecular weight excluding hydrogens is 294 g/mol. The average Bonchev–Trinajstić information content (AvgIpc) is 2.76. The van der Waals surface area contributed by atoms with Crippen molar-refractivity contribution in [3.8, 4) is 12.1 Å². The molecule has 0 saturated carbocycles. The van der Waals surface area contributed by atoms with Gasteiger partial charge in [-0.1, -0.05) is 22.0 Å². The SMILES string of the molecule is N#CCN(CC#N)c1nc2ccccn2c1CBr. The van der Waals surface area contributed by atoms with Crippen LogP contribution in [0.15, 0.2) is 24.4 Å². The highest BCUT2D eigenvalue weighted by Gasteiger charge is 2.16. The van der Waals surface area contributed by atoms with E-state index in [-0.39, 0.29) is 13.1 Å². The number of nitrogens with zero attached hydrogens (tertiary/aromatic N) is 5. The van der Waals surface area contributed by atoms with Crippen molar-refractivity contribution >= 4 is 27.4 Å². The third-order valence-corrected chi connectivity index (χ3v) is 3.09. The van der Waals surface area contributed by atoms with Crippen LogP contribution >= 0.6 is 15.9 Å². The van der Waals surface area contributed by atoms with E-state index in [1.54, 1.807) is 4.90 Å². The van der Waals surface area contributed by atoms with Gasteiger partial charge in [-0.3, -0.25) is 0 Å². The summed E-state index contributed by atoms with van der Waals surface area (Å²) in [6.45, 7) is 0.300. The molecule has 2 aromatic heterocycles. The highest BCUT2D eigenvalue weighted by Crippen LogP contribution is 2.23.